The highest BCUT2D eigenvalue weighted by atomic mass is 16.5. The van der Waals surface area contributed by atoms with Crippen molar-refractivity contribution in [2.75, 3.05) is 26.6 Å². The third-order valence-electron chi connectivity index (χ3n) is 4.03. The van der Waals surface area contributed by atoms with Crippen LogP contribution in [0.2, 0.25) is 0 Å². The summed E-state index contributed by atoms with van der Waals surface area (Å²) in [7, 11) is 4.49. The van der Waals surface area contributed by atoms with Crippen LogP contribution in [-0.2, 0) is 16.0 Å². The van der Waals surface area contributed by atoms with Crippen LogP contribution in [0.1, 0.15) is 27.9 Å². The normalized spacial score (nSPS) is 10.2. The third kappa shape index (κ3) is 4.53. The van der Waals surface area contributed by atoms with E-state index in [9.17, 15) is 9.59 Å². The van der Waals surface area contributed by atoms with Crippen LogP contribution >= 0.6 is 0 Å². The Kier molecular flexibility index (Phi) is 6.60. The van der Waals surface area contributed by atoms with E-state index in [1.54, 1.807) is 32.4 Å². The van der Waals surface area contributed by atoms with Gasteiger partial charge in [0.25, 0.3) is 0 Å². The first-order chi connectivity index (χ1) is 12.5. The number of para-hydroxylation sites is 1. The second-order valence-corrected chi connectivity index (χ2v) is 5.72. The molecule has 0 bridgehead atoms. The molecule has 0 saturated carbocycles. The Morgan fingerprint density at radius 2 is 1.81 bits per heavy atom. The molecule has 138 valence electrons. The molecule has 0 spiro atoms. The molecule has 2 aromatic carbocycles. The Hall–Kier alpha value is -3.02. The van der Waals surface area contributed by atoms with Gasteiger partial charge < -0.3 is 19.5 Å². The summed E-state index contributed by atoms with van der Waals surface area (Å²) in [6.07, 6.45) is 0.813. The molecular weight excluding hydrogens is 334 g/mol. The predicted octanol–water partition coefficient (Wildman–Crippen LogP) is 3.37. The van der Waals surface area contributed by atoms with Gasteiger partial charge in [-0.15, -0.1) is 0 Å². The first-order valence-electron chi connectivity index (χ1n) is 8.18. The lowest BCUT2D eigenvalue weighted by Crippen LogP contribution is -2.14. The molecule has 0 unspecified atom stereocenters. The van der Waals surface area contributed by atoms with Crippen molar-refractivity contribution in [3.05, 3.63) is 53.1 Å². The van der Waals surface area contributed by atoms with Crippen molar-refractivity contribution in [2.45, 2.75) is 19.8 Å². The summed E-state index contributed by atoms with van der Waals surface area (Å²) in [5.41, 5.74) is 2.81. The monoisotopic (exact) mass is 357 g/mol. The zero-order chi connectivity index (χ0) is 19.1. The number of hydrogen-bond donors (Lipinski definition) is 1. The van der Waals surface area contributed by atoms with Crippen LogP contribution in [0.4, 0.5) is 5.69 Å². The highest BCUT2D eigenvalue weighted by Gasteiger charge is 2.13. The van der Waals surface area contributed by atoms with E-state index in [2.05, 4.69) is 5.32 Å². The van der Waals surface area contributed by atoms with E-state index in [-0.39, 0.29) is 5.91 Å². The smallest absolute Gasteiger partial charge is 0.337 e. The number of hydrogen-bond acceptors (Lipinski definition) is 5. The maximum Gasteiger partial charge on any atom is 0.337 e. The van der Waals surface area contributed by atoms with Crippen molar-refractivity contribution in [3.8, 4) is 11.5 Å². The number of rotatable bonds is 7. The Balaban J connectivity index is 2.03. The summed E-state index contributed by atoms with van der Waals surface area (Å²) in [5, 5.41) is 2.87. The van der Waals surface area contributed by atoms with E-state index in [1.807, 2.05) is 25.1 Å². The number of ether oxygens (including phenoxy) is 3. The number of nitrogens with one attached hydrogen (secondary N) is 1. The molecule has 2 aromatic rings. The van der Waals surface area contributed by atoms with Crippen LogP contribution in [0.25, 0.3) is 0 Å². The van der Waals surface area contributed by atoms with Gasteiger partial charge >= 0.3 is 5.97 Å². The minimum Gasteiger partial charge on any atom is -0.493 e. The number of amides is 1. The molecule has 26 heavy (non-hydrogen) atoms. The SMILES string of the molecule is COC(=O)c1ccc(NC(=O)CCc2cccc(OC)c2OC)c(C)c1. The lowest BCUT2D eigenvalue weighted by molar-refractivity contribution is -0.116. The van der Waals surface area contributed by atoms with Crippen LogP contribution in [0.3, 0.4) is 0 Å². The van der Waals surface area contributed by atoms with E-state index >= 15 is 0 Å². The maximum atomic E-state index is 12.3. The number of carbonyl (C=O) groups excluding carboxylic acids is 2. The van der Waals surface area contributed by atoms with E-state index in [1.165, 1.54) is 7.11 Å². The van der Waals surface area contributed by atoms with Gasteiger partial charge in [-0.2, -0.15) is 0 Å². The van der Waals surface area contributed by atoms with Crippen LogP contribution in [0, 0.1) is 6.92 Å². The highest BCUT2D eigenvalue weighted by molar-refractivity contribution is 5.94. The summed E-state index contributed by atoms with van der Waals surface area (Å²) in [4.78, 5) is 23.8. The molecular formula is C20H23NO5. The van der Waals surface area contributed by atoms with Gasteiger partial charge in [0.15, 0.2) is 11.5 Å². The first-order valence-corrected chi connectivity index (χ1v) is 8.18. The average molecular weight is 357 g/mol. The van der Waals surface area contributed by atoms with Crippen LogP contribution < -0.4 is 14.8 Å². The molecule has 0 heterocycles. The van der Waals surface area contributed by atoms with Gasteiger partial charge in [0.2, 0.25) is 5.91 Å². The molecule has 0 saturated heterocycles. The summed E-state index contributed by atoms with van der Waals surface area (Å²) >= 11 is 0. The van der Waals surface area contributed by atoms with Gasteiger partial charge in [-0.05, 0) is 48.7 Å². The zero-order valence-electron chi connectivity index (χ0n) is 15.4. The number of benzene rings is 2. The van der Waals surface area contributed by atoms with Crippen molar-refractivity contribution in [1.29, 1.82) is 0 Å². The molecule has 2 rings (SSSR count). The highest BCUT2D eigenvalue weighted by Crippen LogP contribution is 2.31. The number of anilines is 1. The van der Waals surface area contributed by atoms with Crippen molar-refractivity contribution < 1.29 is 23.8 Å². The van der Waals surface area contributed by atoms with Crippen molar-refractivity contribution in [2.24, 2.45) is 0 Å². The Labute approximate surface area is 153 Å². The van der Waals surface area contributed by atoms with E-state index in [0.29, 0.717) is 35.6 Å². The fraction of sp³-hybridized carbons (Fsp3) is 0.300. The minimum absolute atomic E-state index is 0.121. The first kappa shape index (κ1) is 19.3. The molecule has 6 nitrogen and oxygen atoms in total. The Morgan fingerprint density at radius 3 is 2.42 bits per heavy atom. The summed E-state index contributed by atoms with van der Waals surface area (Å²) in [5.74, 6) is 0.751. The number of carbonyl (C=O) groups is 2. The standard InChI is InChI=1S/C20H23NO5/c1-13-12-15(20(23)26-4)8-10-16(13)21-18(22)11-9-14-6-5-7-17(24-2)19(14)25-3/h5-8,10,12H,9,11H2,1-4H3,(H,21,22). The molecule has 1 amide bonds. The van der Waals surface area contributed by atoms with Crippen LogP contribution in [-0.4, -0.2) is 33.2 Å². The number of esters is 1. The second-order valence-electron chi connectivity index (χ2n) is 5.72. The van der Waals surface area contributed by atoms with Gasteiger partial charge in [-0.1, -0.05) is 12.1 Å². The Bertz CT molecular complexity index is 801. The number of aryl methyl sites for hydroxylation is 2. The quantitative estimate of drug-likeness (QED) is 0.769. The van der Waals surface area contributed by atoms with Crippen molar-refractivity contribution in [3.63, 3.8) is 0 Å². The maximum absolute atomic E-state index is 12.3. The van der Waals surface area contributed by atoms with E-state index < -0.39 is 5.97 Å². The van der Waals surface area contributed by atoms with E-state index in [0.717, 1.165) is 11.1 Å². The fourth-order valence-corrected chi connectivity index (χ4v) is 2.66. The van der Waals surface area contributed by atoms with Crippen molar-refractivity contribution >= 4 is 17.6 Å². The third-order valence-corrected chi connectivity index (χ3v) is 4.03. The molecule has 6 heteroatoms. The summed E-state index contributed by atoms with van der Waals surface area (Å²) in [6.45, 7) is 1.83. The van der Waals surface area contributed by atoms with Crippen molar-refractivity contribution in [1.82, 2.24) is 0 Å². The predicted molar refractivity (Wildman–Crippen MR) is 99.0 cm³/mol. The molecule has 0 aliphatic rings. The molecule has 0 radical (unpaired) electrons. The fourth-order valence-electron chi connectivity index (χ4n) is 2.66. The van der Waals surface area contributed by atoms with E-state index in [4.69, 9.17) is 14.2 Å². The molecule has 0 fully saturated rings. The molecule has 0 atom stereocenters. The topological polar surface area (TPSA) is 73.9 Å². The molecule has 1 N–H and O–H groups in total. The summed E-state index contributed by atoms with van der Waals surface area (Å²) in [6, 6.07) is 10.6. The lowest BCUT2D eigenvalue weighted by atomic mass is 10.1. The lowest BCUT2D eigenvalue weighted by Gasteiger charge is -2.13. The molecule has 0 aliphatic heterocycles. The minimum atomic E-state index is -0.406. The van der Waals surface area contributed by atoms with Gasteiger partial charge in [0.1, 0.15) is 0 Å². The summed E-state index contributed by atoms with van der Waals surface area (Å²) < 4.78 is 15.3. The molecule has 0 aromatic heterocycles. The van der Waals surface area contributed by atoms with Gasteiger partial charge in [-0.25, -0.2) is 4.79 Å². The van der Waals surface area contributed by atoms with Crippen LogP contribution in [0.5, 0.6) is 11.5 Å². The number of methoxy groups -OCH3 is 3. The largest absolute Gasteiger partial charge is 0.493 e. The van der Waals surface area contributed by atoms with Gasteiger partial charge in [0.05, 0.1) is 26.9 Å². The second kappa shape index (κ2) is 8.89. The van der Waals surface area contributed by atoms with Crippen LogP contribution in [0.15, 0.2) is 36.4 Å². The molecule has 0 aliphatic carbocycles. The Morgan fingerprint density at radius 1 is 1.04 bits per heavy atom. The van der Waals surface area contributed by atoms with Gasteiger partial charge in [0, 0.05) is 12.1 Å². The zero-order valence-corrected chi connectivity index (χ0v) is 15.4. The average Bonchev–Trinajstić information content (AvgIpc) is 2.66. The van der Waals surface area contributed by atoms with Gasteiger partial charge in [-0.3, -0.25) is 4.79 Å².